The summed E-state index contributed by atoms with van der Waals surface area (Å²) in [6, 6.07) is 2.29. The Morgan fingerprint density at radius 3 is 2.83 bits per heavy atom. The van der Waals surface area contributed by atoms with Crippen LogP contribution in [0.5, 0.6) is 0 Å². The van der Waals surface area contributed by atoms with Gasteiger partial charge in [-0.2, -0.15) is 5.10 Å². The molecular formula is C17H26N4O2. The molecule has 6 nitrogen and oxygen atoms in total. The van der Waals surface area contributed by atoms with Gasteiger partial charge < -0.3 is 10.2 Å². The van der Waals surface area contributed by atoms with Crippen molar-refractivity contribution in [2.24, 2.45) is 5.92 Å². The van der Waals surface area contributed by atoms with Gasteiger partial charge in [0.05, 0.1) is 24.2 Å². The van der Waals surface area contributed by atoms with E-state index < -0.39 is 0 Å². The Bertz CT molecular complexity index is 585. The molecule has 2 atom stereocenters. The van der Waals surface area contributed by atoms with Crippen molar-refractivity contribution in [2.75, 3.05) is 13.1 Å². The summed E-state index contributed by atoms with van der Waals surface area (Å²) in [5.41, 5.74) is 2.16. The van der Waals surface area contributed by atoms with Crippen molar-refractivity contribution < 1.29 is 9.59 Å². The number of aromatic nitrogens is 2. The molecule has 0 spiro atoms. The normalized spacial score (nSPS) is 25.3. The number of carbonyl (C=O) groups is 2. The van der Waals surface area contributed by atoms with E-state index in [0.29, 0.717) is 19.4 Å². The Balaban J connectivity index is 1.69. The number of piperidine rings is 2. The molecule has 126 valence electrons. The van der Waals surface area contributed by atoms with Gasteiger partial charge in [0.15, 0.2) is 0 Å². The summed E-state index contributed by atoms with van der Waals surface area (Å²) in [6.07, 6.45) is 4.40. The minimum absolute atomic E-state index is 0.0613. The van der Waals surface area contributed by atoms with E-state index >= 15 is 0 Å². The van der Waals surface area contributed by atoms with Crippen LogP contribution in [-0.2, 0) is 16.1 Å². The maximum absolute atomic E-state index is 12.9. The topological polar surface area (TPSA) is 67.2 Å². The zero-order valence-corrected chi connectivity index (χ0v) is 14.0. The molecular weight excluding hydrogens is 292 g/mol. The fraction of sp³-hybridized carbons (Fsp3) is 0.706. The van der Waals surface area contributed by atoms with Crippen LogP contribution in [0, 0.1) is 19.8 Å². The van der Waals surface area contributed by atoms with E-state index in [-0.39, 0.29) is 23.8 Å². The molecule has 2 saturated heterocycles. The van der Waals surface area contributed by atoms with E-state index in [1.54, 1.807) is 0 Å². The monoisotopic (exact) mass is 318 g/mol. The molecule has 2 aliphatic rings. The zero-order chi connectivity index (χ0) is 16.4. The lowest BCUT2D eigenvalue weighted by molar-refractivity contribution is -0.141. The number of carbonyl (C=O) groups excluding carboxylic acids is 2. The lowest BCUT2D eigenvalue weighted by atomic mass is 9.94. The number of likely N-dealkylation sites (tertiary alicyclic amines) is 1. The first-order valence-electron chi connectivity index (χ1n) is 8.63. The molecule has 1 aromatic heterocycles. The Kier molecular flexibility index (Phi) is 4.68. The molecule has 0 radical (unpaired) electrons. The first-order valence-corrected chi connectivity index (χ1v) is 8.63. The molecule has 0 unspecified atom stereocenters. The van der Waals surface area contributed by atoms with Crippen LogP contribution in [0.15, 0.2) is 6.07 Å². The van der Waals surface area contributed by atoms with Crippen LogP contribution in [0.4, 0.5) is 0 Å². The van der Waals surface area contributed by atoms with E-state index in [0.717, 1.165) is 43.7 Å². The lowest BCUT2D eigenvalue weighted by Gasteiger charge is -2.38. The Labute approximate surface area is 137 Å². The van der Waals surface area contributed by atoms with Crippen LogP contribution < -0.4 is 5.32 Å². The van der Waals surface area contributed by atoms with Crippen LogP contribution in [0.3, 0.4) is 0 Å². The van der Waals surface area contributed by atoms with Gasteiger partial charge in [-0.25, -0.2) is 0 Å². The third-order valence-corrected chi connectivity index (χ3v) is 5.01. The van der Waals surface area contributed by atoms with Crippen molar-refractivity contribution in [2.45, 2.75) is 58.5 Å². The average Bonchev–Trinajstić information content (AvgIpc) is 2.85. The van der Waals surface area contributed by atoms with Gasteiger partial charge in [0.2, 0.25) is 11.8 Å². The molecule has 2 amide bonds. The standard InChI is InChI=1S/C17H26N4O2/c1-12-9-13(2)21(19-12)11-15-5-3-4-8-20(15)17(23)14-6-7-16(22)18-10-14/h9,14-15H,3-8,10-11H2,1-2H3,(H,18,22)/t14-,15+/m0/s1. The Morgan fingerprint density at radius 2 is 2.17 bits per heavy atom. The third kappa shape index (κ3) is 3.57. The number of amides is 2. The SMILES string of the molecule is Cc1cc(C)n(C[C@H]2CCCCN2C(=O)[C@H]2CCC(=O)NC2)n1. The van der Waals surface area contributed by atoms with Crippen molar-refractivity contribution in [1.82, 2.24) is 20.0 Å². The van der Waals surface area contributed by atoms with Crippen LogP contribution in [0.25, 0.3) is 0 Å². The molecule has 0 aromatic carbocycles. The van der Waals surface area contributed by atoms with E-state index in [1.165, 1.54) is 0 Å². The van der Waals surface area contributed by atoms with Crippen LogP contribution in [-0.4, -0.2) is 45.6 Å². The zero-order valence-electron chi connectivity index (χ0n) is 14.0. The molecule has 2 fully saturated rings. The van der Waals surface area contributed by atoms with Gasteiger partial charge in [0, 0.05) is 25.2 Å². The Morgan fingerprint density at radius 1 is 1.35 bits per heavy atom. The second-order valence-electron chi connectivity index (χ2n) is 6.83. The molecule has 0 saturated carbocycles. The van der Waals surface area contributed by atoms with E-state index in [9.17, 15) is 9.59 Å². The summed E-state index contributed by atoms with van der Waals surface area (Å²) < 4.78 is 2.02. The second kappa shape index (κ2) is 6.72. The van der Waals surface area contributed by atoms with Gasteiger partial charge >= 0.3 is 0 Å². The highest BCUT2D eigenvalue weighted by atomic mass is 16.2. The molecule has 0 aliphatic carbocycles. The number of rotatable bonds is 3. The summed E-state index contributed by atoms with van der Waals surface area (Å²) in [6.45, 7) is 6.14. The van der Waals surface area contributed by atoms with Crippen molar-refractivity contribution in [1.29, 1.82) is 0 Å². The summed E-state index contributed by atoms with van der Waals surface area (Å²) in [5, 5.41) is 7.37. The number of aryl methyl sites for hydroxylation is 2. The predicted molar refractivity (Wildman–Crippen MR) is 86.8 cm³/mol. The van der Waals surface area contributed by atoms with E-state index in [1.807, 2.05) is 16.5 Å². The van der Waals surface area contributed by atoms with E-state index in [4.69, 9.17) is 0 Å². The first kappa shape index (κ1) is 16.0. The predicted octanol–water partition coefficient (Wildman–Crippen LogP) is 1.41. The second-order valence-corrected chi connectivity index (χ2v) is 6.83. The van der Waals surface area contributed by atoms with Gasteiger partial charge in [-0.1, -0.05) is 0 Å². The largest absolute Gasteiger partial charge is 0.355 e. The number of nitrogens with zero attached hydrogens (tertiary/aromatic N) is 3. The highest BCUT2D eigenvalue weighted by molar-refractivity contribution is 5.84. The summed E-state index contributed by atoms with van der Waals surface area (Å²) in [5.74, 6) is 0.205. The quantitative estimate of drug-likeness (QED) is 0.916. The van der Waals surface area contributed by atoms with Crippen LogP contribution in [0.1, 0.15) is 43.5 Å². The van der Waals surface area contributed by atoms with Crippen molar-refractivity contribution in [3.8, 4) is 0 Å². The fourth-order valence-corrected chi connectivity index (χ4v) is 3.72. The van der Waals surface area contributed by atoms with Crippen LogP contribution >= 0.6 is 0 Å². The summed E-state index contributed by atoms with van der Waals surface area (Å²) in [4.78, 5) is 26.2. The summed E-state index contributed by atoms with van der Waals surface area (Å²) >= 11 is 0. The molecule has 3 heterocycles. The van der Waals surface area contributed by atoms with Crippen molar-refractivity contribution in [3.63, 3.8) is 0 Å². The fourth-order valence-electron chi connectivity index (χ4n) is 3.72. The summed E-state index contributed by atoms with van der Waals surface area (Å²) in [7, 11) is 0. The first-order chi connectivity index (χ1) is 11.0. The minimum atomic E-state index is -0.0613. The van der Waals surface area contributed by atoms with Gasteiger partial charge in [-0.05, 0) is 45.6 Å². The number of nitrogens with one attached hydrogen (secondary N) is 1. The van der Waals surface area contributed by atoms with Crippen molar-refractivity contribution >= 4 is 11.8 Å². The average molecular weight is 318 g/mol. The van der Waals surface area contributed by atoms with Gasteiger partial charge in [-0.15, -0.1) is 0 Å². The lowest BCUT2D eigenvalue weighted by Crippen LogP contribution is -2.51. The molecule has 23 heavy (non-hydrogen) atoms. The van der Waals surface area contributed by atoms with Crippen LogP contribution in [0.2, 0.25) is 0 Å². The van der Waals surface area contributed by atoms with Gasteiger partial charge in [0.1, 0.15) is 0 Å². The van der Waals surface area contributed by atoms with Gasteiger partial charge in [-0.3, -0.25) is 14.3 Å². The maximum atomic E-state index is 12.9. The number of hydrogen-bond donors (Lipinski definition) is 1. The maximum Gasteiger partial charge on any atom is 0.227 e. The Hall–Kier alpha value is -1.85. The number of hydrogen-bond acceptors (Lipinski definition) is 3. The molecule has 6 heteroatoms. The highest BCUT2D eigenvalue weighted by Crippen LogP contribution is 2.23. The molecule has 0 bridgehead atoms. The van der Waals surface area contributed by atoms with E-state index in [2.05, 4.69) is 23.4 Å². The van der Waals surface area contributed by atoms with Gasteiger partial charge in [0.25, 0.3) is 0 Å². The third-order valence-electron chi connectivity index (χ3n) is 5.01. The van der Waals surface area contributed by atoms with Crippen molar-refractivity contribution in [3.05, 3.63) is 17.5 Å². The molecule has 1 N–H and O–H groups in total. The molecule has 1 aromatic rings. The minimum Gasteiger partial charge on any atom is -0.355 e. The molecule has 2 aliphatic heterocycles. The highest BCUT2D eigenvalue weighted by Gasteiger charge is 2.33. The smallest absolute Gasteiger partial charge is 0.227 e. The molecule has 3 rings (SSSR count).